The third kappa shape index (κ3) is 4.04. The number of fused-ring (bicyclic) bond motifs is 1. The van der Waals surface area contributed by atoms with Crippen LogP contribution in [0.15, 0.2) is 23.1 Å². The van der Waals surface area contributed by atoms with Crippen LogP contribution in [-0.2, 0) is 22.7 Å². The highest BCUT2D eigenvalue weighted by atomic mass is 35.5. The first-order valence-electron chi connectivity index (χ1n) is 8.07. The molecule has 1 aromatic carbocycles. The lowest BCUT2D eigenvalue weighted by molar-refractivity contribution is 0.102. The van der Waals surface area contributed by atoms with E-state index in [0.29, 0.717) is 11.0 Å². The van der Waals surface area contributed by atoms with Crippen LogP contribution in [0.3, 0.4) is 0 Å². The molecule has 1 unspecified atom stereocenters. The molecule has 1 aromatic heterocycles. The van der Waals surface area contributed by atoms with Gasteiger partial charge in [0, 0.05) is 16.7 Å². The summed E-state index contributed by atoms with van der Waals surface area (Å²) in [7, 11) is -3.50. The van der Waals surface area contributed by atoms with E-state index >= 15 is 0 Å². The lowest BCUT2D eigenvalue weighted by Crippen LogP contribution is -2.13. The molecular formula is C17H19ClN2O3S2. The lowest BCUT2D eigenvalue weighted by Gasteiger charge is -2.18. The number of nitrogens with zero attached hydrogens (tertiary/aromatic N) is 1. The van der Waals surface area contributed by atoms with Gasteiger partial charge in [-0.1, -0.05) is 24.9 Å². The van der Waals surface area contributed by atoms with Crippen molar-refractivity contribution in [3.05, 3.63) is 39.4 Å². The van der Waals surface area contributed by atoms with E-state index in [1.165, 1.54) is 34.4 Å². The quantitative estimate of drug-likeness (QED) is 0.845. The third-order valence-corrected chi connectivity index (χ3v) is 7.05. The molecule has 0 fully saturated rings. The Balaban J connectivity index is 1.81. The van der Waals surface area contributed by atoms with Crippen LogP contribution in [0.4, 0.5) is 5.13 Å². The van der Waals surface area contributed by atoms with E-state index in [2.05, 4.69) is 17.2 Å². The third-order valence-electron chi connectivity index (χ3n) is 4.43. The number of carbonyl (C=O) groups is 1. The standard InChI is InChI=1S/C17H19ClN2O3S2/c1-3-10-4-7-13-14(8-10)24-17(19-13)20-16(21)11-5-6-12(18)15(9-11)25(2,22)23/h5-6,9-10H,3-4,7-8H2,1-2H3,(H,19,20,21). The van der Waals surface area contributed by atoms with Gasteiger partial charge in [-0.25, -0.2) is 13.4 Å². The van der Waals surface area contributed by atoms with E-state index in [1.54, 1.807) is 0 Å². The molecule has 1 aliphatic rings. The van der Waals surface area contributed by atoms with Gasteiger partial charge in [-0.2, -0.15) is 0 Å². The van der Waals surface area contributed by atoms with Crippen LogP contribution in [0, 0.1) is 5.92 Å². The molecule has 0 saturated carbocycles. The van der Waals surface area contributed by atoms with Gasteiger partial charge in [-0.15, -0.1) is 11.3 Å². The maximum absolute atomic E-state index is 12.5. The van der Waals surface area contributed by atoms with E-state index in [9.17, 15) is 13.2 Å². The molecule has 25 heavy (non-hydrogen) atoms. The van der Waals surface area contributed by atoms with Crippen LogP contribution < -0.4 is 5.32 Å². The second-order valence-electron chi connectivity index (χ2n) is 6.28. The fraction of sp³-hybridized carbons (Fsp3) is 0.412. The van der Waals surface area contributed by atoms with Gasteiger partial charge in [0.25, 0.3) is 5.91 Å². The molecule has 1 atom stereocenters. The number of hydrogen-bond donors (Lipinski definition) is 1. The van der Waals surface area contributed by atoms with Crippen molar-refractivity contribution in [1.29, 1.82) is 0 Å². The second kappa shape index (κ2) is 7.05. The average molecular weight is 399 g/mol. The molecule has 1 aliphatic carbocycles. The summed E-state index contributed by atoms with van der Waals surface area (Å²) in [6.07, 6.45) is 5.31. The van der Waals surface area contributed by atoms with Crippen molar-refractivity contribution in [2.45, 2.75) is 37.5 Å². The van der Waals surface area contributed by atoms with Crippen LogP contribution in [0.2, 0.25) is 5.02 Å². The average Bonchev–Trinajstić information content (AvgIpc) is 2.95. The number of carbonyl (C=O) groups excluding carboxylic acids is 1. The first-order valence-corrected chi connectivity index (χ1v) is 11.2. The van der Waals surface area contributed by atoms with Gasteiger partial charge in [0.05, 0.1) is 15.6 Å². The predicted molar refractivity (Wildman–Crippen MR) is 100 cm³/mol. The van der Waals surface area contributed by atoms with E-state index in [-0.39, 0.29) is 21.4 Å². The highest BCUT2D eigenvalue weighted by molar-refractivity contribution is 7.90. The van der Waals surface area contributed by atoms with Crippen LogP contribution in [0.5, 0.6) is 0 Å². The van der Waals surface area contributed by atoms with Gasteiger partial charge in [0.1, 0.15) is 0 Å². The molecule has 134 valence electrons. The van der Waals surface area contributed by atoms with Crippen molar-refractivity contribution in [1.82, 2.24) is 4.98 Å². The van der Waals surface area contributed by atoms with Crippen molar-refractivity contribution < 1.29 is 13.2 Å². The Kier molecular flexibility index (Phi) is 5.18. The Morgan fingerprint density at radius 1 is 1.44 bits per heavy atom. The molecule has 8 heteroatoms. The number of halogens is 1. The molecule has 1 N–H and O–H groups in total. The normalized spacial score (nSPS) is 17.2. The zero-order chi connectivity index (χ0) is 18.2. The first-order chi connectivity index (χ1) is 11.8. The van der Waals surface area contributed by atoms with Gasteiger partial charge < -0.3 is 0 Å². The number of nitrogens with one attached hydrogen (secondary N) is 1. The van der Waals surface area contributed by atoms with Crippen molar-refractivity contribution in [2.24, 2.45) is 5.92 Å². The molecule has 0 bridgehead atoms. The molecule has 3 rings (SSSR count). The van der Waals surface area contributed by atoms with E-state index in [4.69, 9.17) is 11.6 Å². The largest absolute Gasteiger partial charge is 0.298 e. The number of amides is 1. The number of anilines is 1. The van der Waals surface area contributed by atoms with Gasteiger partial charge in [-0.05, 0) is 43.4 Å². The highest BCUT2D eigenvalue weighted by Gasteiger charge is 2.22. The van der Waals surface area contributed by atoms with E-state index in [1.807, 2.05) is 0 Å². The Labute approximate surface area is 156 Å². The fourth-order valence-corrected chi connectivity index (χ4v) is 5.36. The monoisotopic (exact) mass is 398 g/mol. The number of aryl methyl sites for hydroxylation is 1. The van der Waals surface area contributed by atoms with E-state index in [0.717, 1.165) is 37.6 Å². The van der Waals surface area contributed by atoms with Gasteiger partial charge in [0.15, 0.2) is 15.0 Å². The minimum atomic E-state index is -3.50. The van der Waals surface area contributed by atoms with Crippen LogP contribution in [0.25, 0.3) is 0 Å². The second-order valence-corrected chi connectivity index (χ2v) is 9.75. The number of benzene rings is 1. The summed E-state index contributed by atoms with van der Waals surface area (Å²) < 4.78 is 23.5. The van der Waals surface area contributed by atoms with Crippen molar-refractivity contribution >= 4 is 43.8 Å². The molecule has 0 spiro atoms. The first kappa shape index (κ1) is 18.4. The number of sulfone groups is 1. The van der Waals surface area contributed by atoms with Crippen LogP contribution in [0.1, 0.15) is 40.7 Å². The molecule has 0 saturated heterocycles. The van der Waals surface area contributed by atoms with Crippen molar-refractivity contribution in [3.8, 4) is 0 Å². The lowest BCUT2D eigenvalue weighted by atomic mass is 9.89. The number of aromatic nitrogens is 1. The summed E-state index contributed by atoms with van der Waals surface area (Å²) in [5.41, 5.74) is 1.31. The predicted octanol–water partition coefficient (Wildman–Crippen LogP) is 3.97. The van der Waals surface area contributed by atoms with Crippen LogP contribution >= 0.6 is 22.9 Å². The van der Waals surface area contributed by atoms with Gasteiger partial charge in [0.2, 0.25) is 0 Å². The Morgan fingerprint density at radius 3 is 2.88 bits per heavy atom. The summed E-state index contributed by atoms with van der Waals surface area (Å²) >= 11 is 7.42. The number of rotatable bonds is 4. The van der Waals surface area contributed by atoms with Crippen molar-refractivity contribution in [3.63, 3.8) is 0 Å². The van der Waals surface area contributed by atoms with Gasteiger partial charge in [-0.3, -0.25) is 10.1 Å². The Hall–Kier alpha value is -1.44. The smallest absolute Gasteiger partial charge is 0.257 e. The van der Waals surface area contributed by atoms with Crippen LogP contribution in [-0.4, -0.2) is 25.6 Å². The fourth-order valence-electron chi connectivity index (χ4n) is 2.94. The summed E-state index contributed by atoms with van der Waals surface area (Å²) in [5, 5.41) is 3.44. The zero-order valence-electron chi connectivity index (χ0n) is 14.0. The summed E-state index contributed by atoms with van der Waals surface area (Å²) in [6.45, 7) is 2.19. The molecule has 1 amide bonds. The highest BCUT2D eigenvalue weighted by Crippen LogP contribution is 2.33. The summed E-state index contributed by atoms with van der Waals surface area (Å²) in [5.74, 6) is 0.296. The Morgan fingerprint density at radius 2 is 2.20 bits per heavy atom. The topological polar surface area (TPSA) is 76.1 Å². The molecule has 2 aromatic rings. The molecule has 5 nitrogen and oxygen atoms in total. The van der Waals surface area contributed by atoms with E-state index < -0.39 is 9.84 Å². The number of hydrogen-bond acceptors (Lipinski definition) is 5. The summed E-state index contributed by atoms with van der Waals surface area (Å²) in [4.78, 5) is 18.2. The summed E-state index contributed by atoms with van der Waals surface area (Å²) in [6, 6.07) is 4.23. The SMILES string of the molecule is CCC1CCc2nc(NC(=O)c3ccc(Cl)c(S(C)(=O)=O)c3)sc2C1. The molecule has 1 heterocycles. The maximum atomic E-state index is 12.5. The molecular weight excluding hydrogens is 380 g/mol. The minimum absolute atomic E-state index is 0.0500. The maximum Gasteiger partial charge on any atom is 0.257 e. The van der Waals surface area contributed by atoms with Crippen molar-refractivity contribution in [2.75, 3.05) is 11.6 Å². The number of thiazole rings is 1. The van der Waals surface area contributed by atoms with Gasteiger partial charge >= 0.3 is 0 Å². The Bertz CT molecular complexity index is 922. The zero-order valence-corrected chi connectivity index (χ0v) is 16.4. The molecule has 0 aliphatic heterocycles. The minimum Gasteiger partial charge on any atom is -0.298 e. The molecule has 0 radical (unpaired) electrons.